The maximum atomic E-state index is 11.3. The number of nitrogens with one attached hydrogen (secondary N) is 2. The van der Waals surface area contributed by atoms with E-state index in [-0.39, 0.29) is 24.7 Å². The van der Waals surface area contributed by atoms with Gasteiger partial charge >= 0.3 is 6.03 Å². The number of aliphatic hydroxyl groups excluding tert-OH is 1. The molecule has 0 saturated heterocycles. The molecule has 96 valence electrons. The Bertz CT molecular complexity index is 198. The second kappa shape index (κ2) is 8.35. The SMILES string of the molecule is CC(C)COCC(C)NC(=O)NC(C)CO. The molecule has 2 unspecified atom stereocenters. The minimum absolute atomic E-state index is 0.0374. The van der Waals surface area contributed by atoms with Gasteiger partial charge in [0.1, 0.15) is 0 Å². The van der Waals surface area contributed by atoms with Crippen molar-refractivity contribution >= 4 is 6.03 Å². The van der Waals surface area contributed by atoms with Gasteiger partial charge in [0.25, 0.3) is 0 Å². The number of carbonyl (C=O) groups excluding carboxylic acids is 1. The van der Waals surface area contributed by atoms with E-state index in [1.807, 2.05) is 6.92 Å². The Morgan fingerprint density at radius 2 is 1.69 bits per heavy atom. The van der Waals surface area contributed by atoms with E-state index < -0.39 is 0 Å². The van der Waals surface area contributed by atoms with Crippen molar-refractivity contribution in [1.29, 1.82) is 0 Å². The van der Waals surface area contributed by atoms with Gasteiger partial charge in [0.05, 0.1) is 25.3 Å². The summed E-state index contributed by atoms with van der Waals surface area (Å²) in [5, 5.41) is 14.1. The smallest absolute Gasteiger partial charge is 0.315 e. The molecule has 0 aromatic rings. The normalized spacial score (nSPS) is 14.6. The number of hydrogen-bond donors (Lipinski definition) is 3. The zero-order valence-electron chi connectivity index (χ0n) is 10.6. The Morgan fingerprint density at radius 3 is 2.19 bits per heavy atom. The Hall–Kier alpha value is -0.810. The third-order valence-electron chi connectivity index (χ3n) is 1.85. The average Bonchev–Trinajstić information content (AvgIpc) is 2.16. The number of hydrogen-bond acceptors (Lipinski definition) is 3. The summed E-state index contributed by atoms with van der Waals surface area (Å²) in [4.78, 5) is 11.3. The van der Waals surface area contributed by atoms with Crippen LogP contribution in [0.2, 0.25) is 0 Å². The summed E-state index contributed by atoms with van der Waals surface area (Å²) < 4.78 is 5.40. The van der Waals surface area contributed by atoms with Crippen LogP contribution >= 0.6 is 0 Å². The fraction of sp³-hybridized carbons (Fsp3) is 0.909. The molecule has 0 radical (unpaired) electrons. The predicted molar refractivity (Wildman–Crippen MR) is 63.3 cm³/mol. The molecular weight excluding hydrogens is 208 g/mol. The molecular formula is C11H24N2O3. The van der Waals surface area contributed by atoms with Crippen LogP contribution in [-0.4, -0.2) is 43.0 Å². The van der Waals surface area contributed by atoms with Gasteiger partial charge in [-0.3, -0.25) is 0 Å². The van der Waals surface area contributed by atoms with Crippen LogP contribution in [0.25, 0.3) is 0 Å². The minimum atomic E-state index is -0.276. The second-order valence-corrected chi connectivity index (χ2v) is 4.53. The van der Waals surface area contributed by atoms with Gasteiger partial charge in [-0.25, -0.2) is 4.79 Å². The summed E-state index contributed by atoms with van der Waals surface area (Å²) in [6.45, 7) is 8.90. The number of carbonyl (C=O) groups is 1. The number of urea groups is 1. The molecule has 3 N–H and O–H groups in total. The van der Waals surface area contributed by atoms with E-state index >= 15 is 0 Å². The van der Waals surface area contributed by atoms with E-state index in [1.165, 1.54) is 0 Å². The molecule has 0 fully saturated rings. The lowest BCUT2D eigenvalue weighted by Crippen LogP contribution is -2.46. The van der Waals surface area contributed by atoms with Gasteiger partial charge in [0.15, 0.2) is 0 Å². The molecule has 2 amide bonds. The molecule has 0 aromatic heterocycles. The zero-order valence-corrected chi connectivity index (χ0v) is 10.6. The van der Waals surface area contributed by atoms with Crippen molar-refractivity contribution in [3.63, 3.8) is 0 Å². The largest absolute Gasteiger partial charge is 0.394 e. The topological polar surface area (TPSA) is 70.6 Å². The van der Waals surface area contributed by atoms with Crippen LogP contribution in [0.3, 0.4) is 0 Å². The minimum Gasteiger partial charge on any atom is -0.394 e. The predicted octanol–water partition coefficient (Wildman–Crippen LogP) is 0.728. The van der Waals surface area contributed by atoms with E-state index in [9.17, 15) is 4.79 Å². The third kappa shape index (κ3) is 8.49. The van der Waals surface area contributed by atoms with E-state index in [2.05, 4.69) is 24.5 Å². The summed E-state index contributed by atoms with van der Waals surface area (Å²) in [6.07, 6.45) is 0. The lowest BCUT2D eigenvalue weighted by Gasteiger charge is -2.17. The van der Waals surface area contributed by atoms with Gasteiger partial charge in [-0.15, -0.1) is 0 Å². The lowest BCUT2D eigenvalue weighted by atomic mass is 10.2. The highest BCUT2D eigenvalue weighted by atomic mass is 16.5. The Balaban J connectivity index is 3.62. The van der Waals surface area contributed by atoms with Crippen LogP contribution in [0.5, 0.6) is 0 Å². The summed E-state index contributed by atoms with van der Waals surface area (Å²) in [5.74, 6) is 0.496. The molecule has 0 aromatic carbocycles. The van der Waals surface area contributed by atoms with Crippen LogP contribution in [0, 0.1) is 5.92 Å². The standard InChI is InChI=1S/C11H24N2O3/c1-8(2)6-16-7-10(4)13-11(15)12-9(3)5-14/h8-10,14H,5-7H2,1-4H3,(H2,12,13,15). The second-order valence-electron chi connectivity index (χ2n) is 4.53. The summed E-state index contributed by atoms with van der Waals surface area (Å²) in [6, 6.07) is -0.546. The zero-order chi connectivity index (χ0) is 12.6. The fourth-order valence-corrected chi connectivity index (χ4v) is 1.06. The van der Waals surface area contributed by atoms with Crippen molar-refractivity contribution in [1.82, 2.24) is 10.6 Å². The molecule has 0 spiro atoms. The Morgan fingerprint density at radius 1 is 1.12 bits per heavy atom. The Kier molecular flexibility index (Phi) is 7.93. The van der Waals surface area contributed by atoms with Crippen LogP contribution in [0.4, 0.5) is 4.79 Å². The van der Waals surface area contributed by atoms with Gasteiger partial charge in [-0.2, -0.15) is 0 Å². The van der Waals surface area contributed by atoms with Crippen LogP contribution in [-0.2, 0) is 4.74 Å². The first-order chi connectivity index (χ1) is 7.45. The van der Waals surface area contributed by atoms with Gasteiger partial charge in [0.2, 0.25) is 0 Å². The number of rotatable bonds is 7. The molecule has 0 aliphatic rings. The van der Waals surface area contributed by atoms with Crippen molar-refractivity contribution in [2.24, 2.45) is 5.92 Å². The van der Waals surface area contributed by atoms with Crippen molar-refractivity contribution in [2.45, 2.75) is 39.8 Å². The van der Waals surface area contributed by atoms with Crippen molar-refractivity contribution in [3.8, 4) is 0 Å². The number of aliphatic hydroxyl groups is 1. The maximum absolute atomic E-state index is 11.3. The van der Waals surface area contributed by atoms with Crippen LogP contribution < -0.4 is 10.6 Å². The first kappa shape index (κ1) is 15.2. The summed E-state index contributed by atoms with van der Waals surface area (Å²) in [7, 11) is 0. The summed E-state index contributed by atoms with van der Waals surface area (Å²) in [5.41, 5.74) is 0. The number of amides is 2. The monoisotopic (exact) mass is 232 g/mol. The molecule has 2 atom stereocenters. The highest BCUT2D eigenvalue weighted by Crippen LogP contribution is 1.93. The highest BCUT2D eigenvalue weighted by Gasteiger charge is 2.09. The highest BCUT2D eigenvalue weighted by molar-refractivity contribution is 5.74. The van der Waals surface area contributed by atoms with Crippen molar-refractivity contribution < 1.29 is 14.6 Å². The molecule has 16 heavy (non-hydrogen) atoms. The van der Waals surface area contributed by atoms with Crippen LogP contribution in [0.15, 0.2) is 0 Å². The van der Waals surface area contributed by atoms with E-state index in [0.29, 0.717) is 19.1 Å². The van der Waals surface area contributed by atoms with Gasteiger partial charge in [-0.05, 0) is 19.8 Å². The van der Waals surface area contributed by atoms with Gasteiger partial charge < -0.3 is 20.5 Å². The molecule has 0 saturated carbocycles. The van der Waals surface area contributed by atoms with Crippen molar-refractivity contribution in [2.75, 3.05) is 19.8 Å². The Labute approximate surface area is 97.6 Å². The molecule has 0 heterocycles. The van der Waals surface area contributed by atoms with E-state index in [0.717, 1.165) is 0 Å². The quantitative estimate of drug-likeness (QED) is 0.606. The van der Waals surface area contributed by atoms with Crippen LogP contribution in [0.1, 0.15) is 27.7 Å². The van der Waals surface area contributed by atoms with E-state index in [4.69, 9.17) is 9.84 Å². The fourth-order valence-electron chi connectivity index (χ4n) is 1.06. The third-order valence-corrected chi connectivity index (χ3v) is 1.85. The molecule has 0 aliphatic heterocycles. The summed E-state index contributed by atoms with van der Waals surface area (Å²) >= 11 is 0. The molecule has 5 nitrogen and oxygen atoms in total. The molecule has 0 bridgehead atoms. The maximum Gasteiger partial charge on any atom is 0.315 e. The molecule has 5 heteroatoms. The first-order valence-corrected chi connectivity index (χ1v) is 5.71. The van der Waals surface area contributed by atoms with Crippen molar-refractivity contribution in [3.05, 3.63) is 0 Å². The average molecular weight is 232 g/mol. The molecule has 0 aliphatic carbocycles. The molecule has 0 rings (SSSR count). The number of ether oxygens (including phenoxy) is 1. The first-order valence-electron chi connectivity index (χ1n) is 5.71. The van der Waals surface area contributed by atoms with Gasteiger partial charge in [-0.1, -0.05) is 13.8 Å². The van der Waals surface area contributed by atoms with E-state index in [1.54, 1.807) is 6.92 Å². The lowest BCUT2D eigenvalue weighted by molar-refractivity contribution is 0.0951. The van der Waals surface area contributed by atoms with Gasteiger partial charge in [0, 0.05) is 6.61 Å².